The van der Waals surface area contributed by atoms with Crippen molar-refractivity contribution in [2.75, 3.05) is 17.7 Å². The first-order chi connectivity index (χ1) is 18.9. The standard InChI is InChI=1S/C32H30N2O5/c1-20-7-3-6-10-27(20)33-32(37)34-28-19-24(23-12-15-29(38-2)26(18-23)31(35)36)13-16-30(28)39-25-14-11-21-8-4-5-9-22(21)17-25/h3,6-7,10-19H,4-5,8-9H2,1-2H3,(H,35,36)(H2,33,34,37). The smallest absolute Gasteiger partial charge is 0.339 e. The van der Waals surface area contributed by atoms with Crippen LogP contribution in [-0.2, 0) is 12.8 Å². The highest BCUT2D eigenvalue weighted by atomic mass is 16.5. The third kappa shape index (κ3) is 5.88. The molecule has 0 aromatic heterocycles. The van der Waals surface area contributed by atoms with Crippen molar-refractivity contribution in [3.63, 3.8) is 0 Å². The number of ether oxygens (including phenoxy) is 2. The molecular weight excluding hydrogens is 492 g/mol. The second kappa shape index (κ2) is 11.3. The van der Waals surface area contributed by atoms with Gasteiger partial charge in [-0.25, -0.2) is 9.59 Å². The molecule has 0 radical (unpaired) electrons. The lowest BCUT2D eigenvalue weighted by Gasteiger charge is -2.18. The van der Waals surface area contributed by atoms with E-state index in [-0.39, 0.29) is 11.3 Å². The van der Waals surface area contributed by atoms with Gasteiger partial charge in [0.05, 0.1) is 12.8 Å². The molecule has 0 spiro atoms. The monoisotopic (exact) mass is 522 g/mol. The lowest BCUT2D eigenvalue weighted by Crippen LogP contribution is -2.20. The van der Waals surface area contributed by atoms with E-state index in [9.17, 15) is 14.7 Å². The van der Waals surface area contributed by atoms with Crippen LogP contribution in [0, 0.1) is 6.92 Å². The van der Waals surface area contributed by atoms with Gasteiger partial charge in [0.25, 0.3) is 0 Å². The normalized spacial score (nSPS) is 12.3. The van der Waals surface area contributed by atoms with E-state index in [1.165, 1.54) is 24.7 Å². The Morgan fingerprint density at radius 2 is 1.46 bits per heavy atom. The number of carboxylic acid groups (broad SMARTS) is 1. The first-order valence-electron chi connectivity index (χ1n) is 12.9. The van der Waals surface area contributed by atoms with Gasteiger partial charge in [-0.2, -0.15) is 0 Å². The van der Waals surface area contributed by atoms with Crippen molar-refractivity contribution in [3.8, 4) is 28.4 Å². The average Bonchev–Trinajstić information content (AvgIpc) is 2.94. The highest BCUT2D eigenvalue weighted by Crippen LogP contribution is 2.36. The summed E-state index contributed by atoms with van der Waals surface area (Å²) in [4.78, 5) is 24.8. The van der Waals surface area contributed by atoms with Crippen LogP contribution in [0.15, 0.2) is 78.9 Å². The van der Waals surface area contributed by atoms with Gasteiger partial charge in [0.15, 0.2) is 5.75 Å². The zero-order valence-corrected chi connectivity index (χ0v) is 21.9. The minimum atomic E-state index is -1.09. The minimum absolute atomic E-state index is 0.0520. The highest BCUT2D eigenvalue weighted by Gasteiger charge is 2.17. The van der Waals surface area contributed by atoms with Gasteiger partial charge >= 0.3 is 12.0 Å². The predicted molar refractivity (Wildman–Crippen MR) is 152 cm³/mol. The number of hydrogen-bond acceptors (Lipinski definition) is 4. The molecule has 4 aromatic rings. The molecule has 0 aliphatic heterocycles. The summed E-state index contributed by atoms with van der Waals surface area (Å²) in [6.07, 6.45) is 4.47. The van der Waals surface area contributed by atoms with Crippen LogP contribution < -0.4 is 20.1 Å². The predicted octanol–water partition coefficient (Wildman–Crippen LogP) is 7.68. The van der Waals surface area contributed by atoms with Crippen molar-refractivity contribution in [1.29, 1.82) is 0 Å². The van der Waals surface area contributed by atoms with E-state index in [1.54, 1.807) is 30.3 Å². The number of carbonyl (C=O) groups is 2. The maximum atomic E-state index is 13.0. The summed E-state index contributed by atoms with van der Waals surface area (Å²) in [6, 6.07) is 23.6. The fourth-order valence-electron chi connectivity index (χ4n) is 4.84. The van der Waals surface area contributed by atoms with Crippen molar-refractivity contribution in [3.05, 3.63) is 101 Å². The zero-order valence-electron chi connectivity index (χ0n) is 21.9. The van der Waals surface area contributed by atoms with E-state index in [0.29, 0.717) is 34.0 Å². The maximum absolute atomic E-state index is 13.0. The molecule has 198 valence electrons. The van der Waals surface area contributed by atoms with Crippen LogP contribution >= 0.6 is 0 Å². The van der Waals surface area contributed by atoms with Gasteiger partial charge < -0.3 is 25.2 Å². The molecule has 0 saturated heterocycles. The number of aromatic carboxylic acids is 1. The van der Waals surface area contributed by atoms with Crippen LogP contribution in [0.5, 0.6) is 17.2 Å². The summed E-state index contributed by atoms with van der Waals surface area (Å²) in [5.74, 6) is 0.358. The van der Waals surface area contributed by atoms with Crippen molar-refractivity contribution >= 4 is 23.4 Å². The Hall–Kier alpha value is -4.78. The Kier molecular flexibility index (Phi) is 7.50. The number of carboxylic acids is 1. The molecule has 3 N–H and O–H groups in total. The number of benzene rings is 4. The summed E-state index contributed by atoms with van der Waals surface area (Å²) < 4.78 is 11.5. The van der Waals surface area contributed by atoms with E-state index in [1.807, 2.05) is 43.3 Å². The third-order valence-electron chi connectivity index (χ3n) is 6.93. The topological polar surface area (TPSA) is 96.9 Å². The Labute approximate surface area is 227 Å². The van der Waals surface area contributed by atoms with Crippen LogP contribution in [0.1, 0.15) is 39.9 Å². The van der Waals surface area contributed by atoms with Crippen LogP contribution in [0.3, 0.4) is 0 Å². The number of carbonyl (C=O) groups excluding carboxylic acids is 1. The summed E-state index contributed by atoms with van der Waals surface area (Å²) in [7, 11) is 1.43. The van der Waals surface area contributed by atoms with Crippen molar-refractivity contribution in [2.24, 2.45) is 0 Å². The number of anilines is 2. The number of hydrogen-bond donors (Lipinski definition) is 3. The average molecular weight is 523 g/mol. The molecule has 0 atom stereocenters. The number of para-hydroxylation sites is 1. The molecule has 7 nitrogen and oxygen atoms in total. The summed E-state index contributed by atoms with van der Waals surface area (Å²) in [5, 5.41) is 15.4. The fourth-order valence-corrected chi connectivity index (χ4v) is 4.84. The van der Waals surface area contributed by atoms with Gasteiger partial charge in [-0.05, 0) is 103 Å². The van der Waals surface area contributed by atoms with Crippen LogP contribution in [0.2, 0.25) is 0 Å². The van der Waals surface area contributed by atoms with Gasteiger partial charge in [-0.15, -0.1) is 0 Å². The Balaban J connectivity index is 1.49. The number of nitrogens with one attached hydrogen (secondary N) is 2. The van der Waals surface area contributed by atoms with E-state index < -0.39 is 12.0 Å². The number of urea groups is 1. The molecule has 39 heavy (non-hydrogen) atoms. The first kappa shape index (κ1) is 25.9. The second-order valence-corrected chi connectivity index (χ2v) is 9.56. The summed E-state index contributed by atoms with van der Waals surface area (Å²) in [5.41, 5.74) is 6.16. The van der Waals surface area contributed by atoms with E-state index in [2.05, 4.69) is 22.8 Å². The zero-order chi connectivity index (χ0) is 27.4. The number of aryl methyl sites for hydroxylation is 3. The third-order valence-corrected chi connectivity index (χ3v) is 6.93. The molecule has 7 heteroatoms. The molecule has 0 heterocycles. The van der Waals surface area contributed by atoms with Crippen molar-refractivity contribution in [2.45, 2.75) is 32.6 Å². The second-order valence-electron chi connectivity index (χ2n) is 9.56. The van der Waals surface area contributed by atoms with E-state index >= 15 is 0 Å². The van der Waals surface area contributed by atoms with Gasteiger partial charge in [-0.1, -0.05) is 36.4 Å². The van der Waals surface area contributed by atoms with Crippen molar-refractivity contribution < 1.29 is 24.2 Å². The number of amides is 2. The van der Waals surface area contributed by atoms with Gasteiger partial charge in [0, 0.05) is 5.69 Å². The van der Waals surface area contributed by atoms with E-state index in [0.717, 1.165) is 24.8 Å². The lowest BCUT2D eigenvalue weighted by molar-refractivity contribution is 0.0693. The molecule has 0 fully saturated rings. The Morgan fingerprint density at radius 3 is 2.21 bits per heavy atom. The molecule has 1 aliphatic rings. The SMILES string of the molecule is COc1ccc(-c2ccc(Oc3ccc4c(c3)CCCC4)c(NC(=O)Nc3ccccc3C)c2)cc1C(=O)O. The maximum Gasteiger partial charge on any atom is 0.339 e. The molecule has 5 rings (SSSR count). The van der Waals surface area contributed by atoms with Gasteiger partial charge in [0.2, 0.25) is 0 Å². The lowest BCUT2D eigenvalue weighted by atomic mass is 9.92. The van der Waals surface area contributed by atoms with Gasteiger partial charge in [-0.3, -0.25) is 0 Å². The molecule has 1 aliphatic carbocycles. The highest BCUT2D eigenvalue weighted by molar-refractivity contribution is 6.01. The van der Waals surface area contributed by atoms with Crippen LogP contribution in [0.4, 0.5) is 16.2 Å². The molecule has 0 saturated carbocycles. The van der Waals surface area contributed by atoms with Crippen molar-refractivity contribution in [1.82, 2.24) is 0 Å². The number of methoxy groups -OCH3 is 1. The summed E-state index contributed by atoms with van der Waals surface area (Å²) >= 11 is 0. The first-order valence-corrected chi connectivity index (χ1v) is 12.9. The summed E-state index contributed by atoms with van der Waals surface area (Å²) in [6.45, 7) is 1.92. The van der Waals surface area contributed by atoms with Crippen LogP contribution in [0.25, 0.3) is 11.1 Å². The van der Waals surface area contributed by atoms with Gasteiger partial charge in [0.1, 0.15) is 17.1 Å². The Morgan fingerprint density at radius 1 is 0.769 bits per heavy atom. The molecule has 4 aromatic carbocycles. The van der Waals surface area contributed by atoms with Crippen LogP contribution in [-0.4, -0.2) is 24.2 Å². The number of fused-ring (bicyclic) bond motifs is 1. The molecular formula is C32H30N2O5. The molecule has 2 amide bonds. The quantitative estimate of drug-likeness (QED) is 0.231. The minimum Gasteiger partial charge on any atom is -0.496 e. The number of rotatable bonds is 7. The fraction of sp³-hybridized carbons (Fsp3) is 0.188. The Bertz CT molecular complexity index is 1550. The largest absolute Gasteiger partial charge is 0.496 e. The molecule has 0 bridgehead atoms. The molecule has 0 unspecified atom stereocenters. The van der Waals surface area contributed by atoms with E-state index in [4.69, 9.17) is 9.47 Å².